The number of methoxy groups -OCH3 is 1. The standard InChI is InChI=1S/C16H27ClN2O/c1-4-10-18-16(9-11-19(2)12-13-20-3)14-5-7-15(17)8-6-14/h5-8,16,18H,4,9-13H2,1-3H3. The lowest BCUT2D eigenvalue weighted by Crippen LogP contribution is -2.29. The van der Waals surface area contributed by atoms with Crippen molar-refractivity contribution >= 4 is 11.6 Å². The first kappa shape index (κ1) is 17.4. The lowest BCUT2D eigenvalue weighted by Gasteiger charge is -2.23. The molecule has 4 heteroatoms. The summed E-state index contributed by atoms with van der Waals surface area (Å²) in [7, 11) is 3.88. The van der Waals surface area contributed by atoms with E-state index in [0.29, 0.717) is 6.04 Å². The Morgan fingerprint density at radius 2 is 1.95 bits per heavy atom. The minimum absolute atomic E-state index is 0.386. The largest absolute Gasteiger partial charge is 0.383 e. The number of hydrogen-bond donors (Lipinski definition) is 1. The number of nitrogens with one attached hydrogen (secondary N) is 1. The molecule has 0 saturated heterocycles. The third-order valence-electron chi connectivity index (χ3n) is 3.39. The Morgan fingerprint density at radius 3 is 2.55 bits per heavy atom. The molecule has 114 valence electrons. The monoisotopic (exact) mass is 298 g/mol. The average molecular weight is 299 g/mol. The fraction of sp³-hybridized carbons (Fsp3) is 0.625. The van der Waals surface area contributed by atoms with Gasteiger partial charge in [-0.2, -0.15) is 0 Å². The minimum atomic E-state index is 0.386. The van der Waals surface area contributed by atoms with Crippen LogP contribution in [-0.2, 0) is 4.74 Å². The summed E-state index contributed by atoms with van der Waals surface area (Å²) in [6.07, 6.45) is 2.23. The summed E-state index contributed by atoms with van der Waals surface area (Å²) in [6.45, 7) is 6.03. The van der Waals surface area contributed by atoms with Gasteiger partial charge in [0.1, 0.15) is 0 Å². The molecule has 1 aromatic rings. The van der Waals surface area contributed by atoms with E-state index < -0.39 is 0 Å². The highest BCUT2D eigenvalue weighted by molar-refractivity contribution is 6.30. The molecule has 0 radical (unpaired) electrons. The molecule has 0 aliphatic heterocycles. The first-order valence-corrected chi connectivity index (χ1v) is 7.71. The van der Waals surface area contributed by atoms with Gasteiger partial charge >= 0.3 is 0 Å². The van der Waals surface area contributed by atoms with Crippen LogP contribution < -0.4 is 5.32 Å². The third kappa shape index (κ3) is 6.71. The highest BCUT2D eigenvalue weighted by Gasteiger charge is 2.11. The Kier molecular flexibility index (Phi) is 8.86. The van der Waals surface area contributed by atoms with Crippen LogP contribution in [0.3, 0.4) is 0 Å². The van der Waals surface area contributed by atoms with E-state index in [0.717, 1.165) is 44.1 Å². The molecule has 1 atom stereocenters. The summed E-state index contributed by atoms with van der Waals surface area (Å²) in [5, 5.41) is 4.41. The van der Waals surface area contributed by atoms with E-state index in [4.69, 9.17) is 16.3 Å². The molecule has 20 heavy (non-hydrogen) atoms. The Hall–Kier alpha value is -0.610. The summed E-state index contributed by atoms with van der Waals surface area (Å²) in [6, 6.07) is 8.55. The van der Waals surface area contributed by atoms with Crippen molar-refractivity contribution < 1.29 is 4.74 Å². The highest BCUT2D eigenvalue weighted by Crippen LogP contribution is 2.19. The van der Waals surface area contributed by atoms with Gasteiger partial charge in [-0.3, -0.25) is 0 Å². The fourth-order valence-corrected chi connectivity index (χ4v) is 2.23. The van der Waals surface area contributed by atoms with Gasteiger partial charge in [0, 0.05) is 24.7 Å². The second kappa shape index (κ2) is 10.2. The lowest BCUT2D eigenvalue weighted by atomic mass is 10.0. The average Bonchev–Trinajstić information content (AvgIpc) is 2.46. The van der Waals surface area contributed by atoms with Crippen LogP contribution in [-0.4, -0.2) is 45.3 Å². The van der Waals surface area contributed by atoms with Crippen molar-refractivity contribution in [3.8, 4) is 0 Å². The fourth-order valence-electron chi connectivity index (χ4n) is 2.11. The maximum Gasteiger partial charge on any atom is 0.0589 e. The quantitative estimate of drug-likeness (QED) is 0.717. The van der Waals surface area contributed by atoms with E-state index in [1.54, 1.807) is 7.11 Å². The number of hydrogen-bond acceptors (Lipinski definition) is 3. The predicted octanol–water partition coefficient (Wildman–Crippen LogP) is 3.35. The number of nitrogens with zero attached hydrogens (tertiary/aromatic N) is 1. The van der Waals surface area contributed by atoms with Gasteiger partial charge in [0.25, 0.3) is 0 Å². The van der Waals surface area contributed by atoms with E-state index in [1.165, 1.54) is 5.56 Å². The van der Waals surface area contributed by atoms with Crippen molar-refractivity contribution in [1.82, 2.24) is 10.2 Å². The van der Waals surface area contributed by atoms with Crippen molar-refractivity contribution in [2.24, 2.45) is 0 Å². The number of benzene rings is 1. The molecule has 1 N–H and O–H groups in total. The van der Waals surface area contributed by atoms with Gasteiger partial charge in [0.2, 0.25) is 0 Å². The number of rotatable bonds is 10. The summed E-state index contributed by atoms with van der Waals surface area (Å²) in [5.74, 6) is 0. The topological polar surface area (TPSA) is 24.5 Å². The van der Waals surface area contributed by atoms with Crippen LogP contribution in [0.1, 0.15) is 31.4 Å². The molecule has 0 heterocycles. The SMILES string of the molecule is CCCNC(CCN(C)CCOC)c1ccc(Cl)cc1. The Bertz CT molecular complexity index is 356. The molecule has 0 aromatic heterocycles. The third-order valence-corrected chi connectivity index (χ3v) is 3.64. The van der Waals surface area contributed by atoms with Crippen molar-refractivity contribution in [2.75, 3.05) is 40.4 Å². The van der Waals surface area contributed by atoms with Crippen molar-refractivity contribution in [2.45, 2.75) is 25.8 Å². The van der Waals surface area contributed by atoms with Crippen LogP contribution in [0, 0.1) is 0 Å². The minimum Gasteiger partial charge on any atom is -0.383 e. The van der Waals surface area contributed by atoms with Crippen molar-refractivity contribution in [3.63, 3.8) is 0 Å². The Balaban J connectivity index is 2.53. The zero-order valence-corrected chi connectivity index (χ0v) is 13.6. The van der Waals surface area contributed by atoms with Crippen LogP contribution >= 0.6 is 11.6 Å². The lowest BCUT2D eigenvalue weighted by molar-refractivity contribution is 0.158. The zero-order chi connectivity index (χ0) is 14.8. The molecule has 1 rings (SSSR count). The summed E-state index contributed by atoms with van der Waals surface area (Å²) >= 11 is 5.96. The molecule has 0 fully saturated rings. The van der Waals surface area contributed by atoms with Crippen LogP contribution in [0.15, 0.2) is 24.3 Å². The van der Waals surface area contributed by atoms with E-state index in [9.17, 15) is 0 Å². The normalized spacial score (nSPS) is 12.8. The van der Waals surface area contributed by atoms with E-state index >= 15 is 0 Å². The molecule has 0 spiro atoms. The van der Waals surface area contributed by atoms with E-state index in [2.05, 4.69) is 36.3 Å². The van der Waals surface area contributed by atoms with Gasteiger partial charge in [-0.05, 0) is 50.7 Å². The molecule has 0 amide bonds. The van der Waals surface area contributed by atoms with E-state index in [-0.39, 0.29) is 0 Å². The summed E-state index contributed by atoms with van der Waals surface area (Å²) in [5.41, 5.74) is 1.31. The number of ether oxygens (including phenoxy) is 1. The summed E-state index contributed by atoms with van der Waals surface area (Å²) < 4.78 is 5.11. The Morgan fingerprint density at radius 1 is 1.25 bits per heavy atom. The summed E-state index contributed by atoms with van der Waals surface area (Å²) in [4.78, 5) is 2.31. The second-order valence-electron chi connectivity index (χ2n) is 5.14. The van der Waals surface area contributed by atoms with Crippen LogP contribution in [0.2, 0.25) is 5.02 Å². The van der Waals surface area contributed by atoms with Gasteiger partial charge < -0.3 is 15.0 Å². The molecule has 1 aromatic carbocycles. The van der Waals surface area contributed by atoms with Gasteiger partial charge in [0.15, 0.2) is 0 Å². The molecule has 0 aliphatic carbocycles. The molecular formula is C16H27ClN2O. The Labute approximate surface area is 128 Å². The molecule has 1 unspecified atom stereocenters. The zero-order valence-electron chi connectivity index (χ0n) is 12.9. The highest BCUT2D eigenvalue weighted by atomic mass is 35.5. The molecule has 0 saturated carbocycles. The number of likely N-dealkylation sites (N-methyl/N-ethyl adjacent to an activating group) is 1. The van der Waals surface area contributed by atoms with Crippen molar-refractivity contribution in [1.29, 1.82) is 0 Å². The number of halogens is 1. The molecule has 3 nitrogen and oxygen atoms in total. The molecule has 0 aliphatic rings. The van der Waals surface area contributed by atoms with E-state index in [1.807, 2.05) is 12.1 Å². The first-order chi connectivity index (χ1) is 9.67. The smallest absolute Gasteiger partial charge is 0.0589 e. The van der Waals surface area contributed by atoms with Crippen LogP contribution in [0.5, 0.6) is 0 Å². The maximum absolute atomic E-state index is 5.96. The van der Waals surface area contributed by atoms with Crippen molar-refractivity contribution in [3.05, 3.63) is 34.9 Å². The van der Waals surface area contributed by atoms with Gasteiger partial charge in [-0.1, -0.05) is 30.7 Å². The maximum atomic E-state index is 5.96. The van der Waals surface area contributed by atoms with Crippen LogP contribution in [0.4, 0.5) is 0 Å². The predicted molar refractivity (Wildman–Crippen MR) is 86.5 cm³/mol. The van der Waals surface area contributed by atoms with Gasteiger partial charge in [0.05, 0.1) is 6.61 Å². The van der Waals surface area contributed by atoms with Gasteiger partial charge in [-0.25, -0.2) is 0 Å². The second-order valence-corrected chi connectivity index (χ2v) is 5.58. The van der Waals surface area contributed by atoms with Crippen LogP contribution in [0.25, 0.3) is 0 Å². The molecule has 0 bridgehead atoms. The van der Waals surface area contributed by atoms with Gasteiger partial charge in [-0.15, -0.1) is 0 Å². The first-order valence-electron chi connectivity index (χ1n) is 7.33. The molecular weight excluding hydrogens is 272 g/mol.